The summed E-state index contributed by atoms with van der Waals surface area (Å²) in [4.78, 5) is 9.19. The van der Waals surface area contributed by atoms with E-state index < -0.39 is 0 Å². The Morgan fingerprint density at radius 2 is 2.05 bits per heavy atom. The van der Waals surface area contributed by atoms with Crippen molar-refractivity contribution in [3.63, 3.8) is 0 Å². The highest BCUT2D eigenvalue weighted by atomic mass is 32.1. The summed E-state index contributed by atoms with van der Waals surface area (Å²) >= 11 is 1.72. The van der Waals surface area contributed by atoms with Gasteiger partial charge in [0.1, 0.15) is 5.82 Å². The molecule has 0 saturated carbocycles. The molecule has 1 N–H and O–H groups in total. The number of thiophene rings is 1. The molecule has 0 unspecified atom stereocenters. The van der Waals surface area contributed by atoms with Gasteiger partial charge in [0.15, 0.2) is 0 Å². The van der Waals surface area contributed by atoms with Crippen LogP contribution in [0.5, 0.6) is 0 Å². The number of benzene rings is 1. The lowest BCUT2D eigenvalue weighted by Crippen LogP contribution is -2.15. The fourth-order valence-electron chi connectivity index (χ4n) is 2.32. The zero-order chi connectivity index (χ0) is 14.9. The average Bonchev–Trinajstić information content (AvgIpc) is 3.18. The van der Waals surface area contributed by atoms with Crippen molar-refractivity contribution in [1.29, 1.82) is 0 Å². The van der Waals surface area contributed by atoms with Crippen LogP contribution in [0.1, 0.15) is 32.8 Å². The number of hydrogen-bond donors (Lipinski definition) is 1. The highest BCUT2D eigenvalue weighted by molar-refractivity contribution is 7.13. The minimum atomic E-state index is 0.194. The van der Waals surface area contributed by atoms with Gasteiger partial charge in [-0.05, 0) is 34.9 Å². The molecule has 0 spiro atoms. The molecule has 0 radical (unpaired) electrons. The maximum Gasteiger partial charge on any atom is 0.137 e. The number of hydrogen-bond acceptors (Lipinski definition) is 2. The van der Waals surface area contributed by atoms with Crippen LogP contribution >= 0.6 is 11.3 Å². The lowest BCUT2D eigenvalue weighted by Gasteiger charge is -2.23. The Bertz CT molecular complexity index is 723. The smallest absolute Gasteiger partial charge is 0.137 e. The van der Waals surface area contributed by atoms with Crippen LogP contribution in [0, 0.1) is 0 Å². The van der Waals surface area contributed by atoms with Gasteiger partial charge >= 0.3 is 0 Å². The van der Waals surface area contributed by atoms with Crippen LogP contribution in [-0.2, 0) is 5.41 Å². The molecule has 0 amide bonds. The summed E-state index contributed by atoms with van der Waals surface area (Å²) in [6, 6.07) is 12.9. The third kappa shape index (κ3) is 2.79. The van der Waals surface area contributed by atoms with Gasteiger partial charge in [0.2, 0.25) is 0 Å². The Labute approximate surface area is 129 Å². The molecule has 3 rings (SSSR count). The molecule has 1 aromatic carbocycles. The van der Waals surface area contributed by atoms with E-state index in [1.807, 2.05) is 6.20 Å². The summed E-state index contributed by atoms with van der Waals surface area (Å²) < 4.78 is 0. The van der Waals surface area contributed by atoms with Gasteiger partial charge in [0.05, 0.1) is 16.8 Å². The largest absolute Gasteiger partial charge is 0.337 e. The maximum atomic E-state index is 4.54. The maximum absolute atomic E-state index is 4.54. The number of aromatic amines is 1. The van der Waals surface area contributed by atoms with Gasteiger partial charge in [0, 0.05) is 5.56 Å². The number of rotatable bonds is 4. The predicted octanol–water partition coefficient (Wildman–Crippen LogP) is 5.49. The van der Waals surface area contributed by atoms with Crippen molar-refractivity contribution in [2.75, 3.05) is 0 Å². The van der Waals surface area contributed by atoms with E-state index in [1.165, 1.54) is 10.4 Å². The molecule has 0 atom stereocenters. The van der Waals surface area contributed by atoms with Crippen LogP contribution in [0.4, 0.5) is 0 Å². The second-order valence-electron chi connectivity index (χ2n) is 5.94. The molecule has 3 heteroatoms. The first-order valence-electron chi connectivity index (χ1n) is 7.30. The fraction of sp³-hybridized carbons (Fsp3) is 0.278. The molecule has 2 heterocycles. The van der Waals surface area contributed by atoms with Crippen molar-refractivity contribution < 1.29 is 0 Å². The number of nitrogens with one attached hydrogen (secondary N) is 1. The van der Waals surface area contributed by atoms with Gasteiger partial charge < -0.3 is 4.98 Å². The molecular weight excluding hydrogens is 276 g/mol. The fourth-order valence-corrected chi connectivity index (χ4v) is 3.01. The third-order valence-corrected chi connectivity index (χ3v) is 5.07. The van der Waals surface area contributed by atoms with Crippen LogP contribution in [0.3, 0.4) is 0 Å². The second-order valence-corrected chi connectivity index (χ2v) is 6.89. The quantitative estimate of drug-likeness (QED) is 0.677. The van der Waals surface area contributed by atoms with Gasteiger partial charge in [-0.15, -0.1) is 11.3 Å². The van der Waals surface area contributed by atoms with Crippen molar-refractivity contribution in [3.05, 3.63) is 53.5 Å². The number of H-pyrrole nitrogens is 1. The highest BCUT2D eigenvalue weighted by Crippen LogP contribution is 2.30. The molecule has 3 aromatic rings. The van der Waals surface area contributed by atoms with E-state index in [2.05, 4.69) is 72.5 Å². The number of nitrogens with zero attached hydrogens (tertiary/aromatic N) is 1. The van der Waals surface area contributed by atoms with E-state index in [0.717, 1.165) is 23.5 Å². The molecule has 21 heavy (non-hydrogen) atoms. The van der Waals surface area contributed by atoms with Gasteiger partial charge in [-0.2, -0.15) is 0 Å². The van der Waals surface area contributed by atoms with E-state index >= 15 is 0 Å². The molecule has 108 valence electrons. The van der Waals surface area contributed by atoms with Crippen LogP contribution in [-0.4, -0.2) is 9.97 Å². The van der Waals surface area contributed by atoms with Crippen LogP contribution in [0.25, 0.3) is 22.0 Å². The molecule has 0 fully saturated rings. The number of aromatic nitrogens is 2. The normalized spacial score (nSPS) is 11.8. The topological polar surface area (TPSA) is 28.7 Å². The van der Waals surface area contributed by atoms with Crippen molar-refractivity contribution in [2.45, 2.75) is 32.6 Å². The van der Waals surface area contributed by atoms with E-state index in [1.54, 1.807) is 11.3 Å². The first kappa shape index (κ1) is 14.1. The molecule has 0 aliphatic rings. The standard InChI is InChI=1S/C18H20N2S/c1-4-18(2,3)14-8-5-7-13(11-14)17-19-12-15(20-17)16-9-6-10-21-16/h5-12H,4H2,1-3H3,(H,19,20). The molecular formula is C18H20N2S. The lowest BCUT2D eigenvalue weighted by atomic mass is 9.81. The third-order valence-electron chi connectivity index (χ3n) is 4.16. The molecule has 0 saturated heterocycles. The minimum Gasteiger partial charge on any atom is -0.337 e. The van der Waals surface area contributed by atoms with Gasteiger partial charge in [-0.25, -0.2) is 4.98 Å². The molecule has 0 aliphatic carbocycles. The predicted molar refractivity (Wildman–Crippen MR) is 90.7 cm³/mol. The SMILES string of the molecule is CCC(C)(C)c1cccc(-c2ncc(-c3cccs3)[nH]2)c1. The van der Waals surface area contributed by atoms with Crippen LogP contribution in [0.2, 0.25) is 0 Å². The monoisotopic (exact) mass is 296 g/mol. The summed E-state index contributed by atoms with van der Waals surface area (Å²) in [5.74, 6) is 0.937. The summed E-state index contributed by atoms with van der Waals surface area (Å²) in [6.45, 7) is 6.80. The van der Waals surface area contributed by atoms with Gasteiger partial charge in [-0.3, -0.25) is 0 Å². The van der Waals surface area contributed by atoms with Gasteiger partial charge in [0.25, 0.3) is 0 Å². The second kappa shape index (κ2) is 5.49. The van der Waals surface area contributed by atoms with Gasteiger partial charge in [-0.1, -0.05) is 45.0 Å². The molecule has 0 aliphatic heterocycles. The van der Waals surface area contributed by atoms with Crippen molar-refractivity contribution in [2.24, 2.45) is 0 Å². The Morgan fingerprint density at radius 1 is 1.19 bits per heavy atom. The Balaban J connectivity index is 1.96. The van der Waals surface area contributed by atoms with E-state index in [9.17, 15) is 0 Å². The van der Waals surface area contributed by atoms with Crippen molar-refractivity contribution >= 4 is 11.3 Å². The molecule has 2 aromatic heterocycles. The lowest BCUT2D eigenvalue weighted by molar-refractivity contribution is 0.506. The summed E-state index contributed by atoms with van der Waals surface area (Å²) in [6.07, 6.45) is 3.04. The summed E-state index contributed by atoms with van der Waals surface area (Å²) in [5.41, 5.74) is 3.78. The van der Waals surface area contributed by atoms with E-state index in [0.29, 0.717) is 0 Å². The first-order valence-corrected chi connectivity index (χ1v) is 8.18. The number of imidazole rings is 1. The van der Waals surface area contributed by atoms with E-state index in [4.69, 9.17) is 0 Å². The van der Waals surface area contributed by atoms with Crippen molar-refractivity contribution in [1.82, 2.24) is 9.97 Å². The first-order chi connectivity index (χ1) is 10.1. The average molecular weight is 296 g/mol. The van der Waals surface area contributed by atoms with Crippen LogP contribution in [0.15, 0.2) is 48.0 Å². The summed E-state index contributed by atoms with van der Waals surface area (Å²) in [5, 5.41) is 2.08. The minimum absolute atomic E-state index is 0.194. The Kier molecular flexibility index (Phi) is 3.68. The highest BCUT2D eigenvalue weighted by Gasteiger charge is 2.18. The summed E-state index contributed by atoms with van der Waals surface area (Å²) in [7, 11) is 0. The zero-order valence-electron chi connectivity index (χ0n) is 12.7. The van der Waals surface area contributed by atoms with E-state index in [-0.39, 0.29) is 5.41 Å². The van der Waals surface area contributed by atoms with Crippen molar-refractivity contribution in [3.8, 4) is 22.0 Å². The zero-order valence-corrected chi connectivity index (χ0v) is 13.5. The Hall–Kier alpha value is -1.87. The molecule has 2 nitrogen and oxygen atoms in total. The van der Waals surface area contributed by atoms with Crippen LogP contribution < -0.4 is 0 Å². The molecule has 0 bridgehead atoms. The Morgan fingerprint density at radius 3 is 2.76 bits per heavy atom.